The summed E-state index contributed by atoms with van der Waals surface area (Å²) in [6.45, 7) is 18.5. The molecule has 15 rings (SSSR count). The Hall–Kier alpha value is -9.20. The lowest BCUT2D eigenvalue weighted by Gasteiger charge is -2.32. The van der Waals surface area contributed by atoms with E-state index in [4.69, 9.17) is 14.2 Å². The molecule has 0 fully saturated rings. The van der Waals surface area contributed by atoms with Crippen molar-refractivity contribution >= 4 is 87.2 Å². The number of ether oxygens (including phenoxy) is 3. The topological polar surface area (TPSA) is 47.4 Å². The molecule has 7 heteroatoms. The molecule has 398 valence electrons. The Kier molecular flexibility index (Phi) is 10.5. The van der Waals surface area contributed by atoms with Crippen molar-refractivity contribution in [2.24, 2.45) is 0 Å². The van der Waals surface area contributed by atoms with Crippen LogP contribution in [0.25, 0.3) is 110 Å². The molecule has 0 saturated heterocycles. The zero-order valence-corrected chi connectivity index (χ0v) is 48.0. The summed E-state index contributed by atoms with van der Waals surface area (Å²) in [6, 6.07) is 66.7. The average Bonchev–Trinajstić information content (AvgIpc) is 2.70. The lowest BCUT2D eigenvalue weighted by atomic mass is 9.74. The zero-order valence-electron chi connectivity index (χ0n) is 48.0. The van der Waals surface area contributed by atoms with Gasteiger partial charge in [0.1, 0.15) is 17.2 Å². The second kappa shape index (κ2) is 17.4. The van der Waals surface area contributed by atoms with Crippen molar-refractivity contribution in [3.05, 3.63) is 220 Å². The van der Waals surface area contributed by atoms with Crippen molar-refractivity contribution < 1.29 is 14.2 Å². The smallest absolute Gasteiger partial charge is 0.119 e. The van der Waals surface area contributed by atoms with Gasteiger partial charge in [0, 0.05) is 65.6 Å². The molecule has 0 aliphatic heterocycles. The molecular weight excluding hydrogens is 993 g/mol. The first-order valence-electron chi connectivity index (χ1n) is 28.3. The van der Waals surface area contributed by atoms with E-state index in [1.807, 2.05) is 0 Å². The molecule has 4 heterocycles. The van der Waals surface area contributed by atoms with E-state index in [0.29, 0.717) is 0 Å². The Bertz CT molecular complexity index is 4860. The summed E-state index contributed by atoms with van der Waals surface area (Å²) in [5.74, 6) is 2.47. The first-order chi connectivity index (χ1) is 39.1. The highest BCUT2D eigenvalue weighted by Gasteiger charge is 2.49. The van der Waals surface area contributed by atoms with Crippen LogP contribution in [0, 0.1) is 34.6 Å². The molecule has 1 atom stereocenters. The molecule has 0 saturated carbocycles. The van der Waals surface area contributed by atoms with Crippen molar-refractivity contribution in [1.29, 1.82) is 0 Å². The number of rotatable bonds is 8. The summed E-state index contributed by atoms with van der Waals surface area (Å²) in [6.07, 6.45) is 0.862. The van der Waals surface area contributed by atoms with Crippen LogP contribution in [0.4, 0.5) is 0 Å². The van der Waals surface area contributed by atoms with Crippen LogP contribution < -0.4 is 14.2 Å². The van der Waals surface area contributed by atoms with Crippen LogP contribution in [0.15, 0.2) is 176 Å². The molecule has 1 aliphatic carbocycles. The Labute approximate surface area is 471 Å². The van der Waals surface area contributed by atoms with E-state index >= 15 is 0 Å². The number of methoxy groups -OCH3 is 3. The van der Waals surface area contributed by atoms with E-state index < -0.39 is 5.41 Å². The lowest BCUT2D eigenvalue weighted by Crippen LogP contribution is -2.25. The number of hydrogen-bond donors (Lipinski definition) is 0. The van der Waals surface area contributed by atoms with Crippen molar-refractivity contribution in [2.45, 2.75) is 72.6 Å². The van der Waals surface area contributed by atoms with Gasteiger partial charge in [-0.05, 0) is 209 Å². The van der Waals surface area contributed by atoms with Gasteiger partial charge in [-0.3, -0.25) is 0 Å². The second-order valence-electron chi connectivity index (χ2n) is 24.1. The molecule has 0 bridgehead atoms. The minimum atomic E-state index is -0.530. The standard InChI is InChI=1S/C74H64N4O3/c1-42-12-20-63-54(28-42)55-29-43(2)13-21-64(55)75(63)48-33-47(34-49(35-48)76-67-26-18-52(80-10)39-60(67)61-40-53(81-11)19-27-68(61)76)74(8)41-73(6,7)62-36-50(77-65-22-14-44(3)32-58(65)59-38-51(79-9)17-25-66(59)77)37-71(72(62)74)78-69-23-15-45(4)30-56(69)57-31-46(5)16-24-70(57)78/h12-40H,41H2,1-11H3. The summed E-state index contributed by atoms with van der Waals surface area (Å²) in [5, 5.41) is 9.59. The maximum absolute atomic E-state index is 5.90. The average molecular weight is 1060 g/mol. The third-order valence-corrected chi connectivity index (χ3v) is 18.2. The van der Waals surface area contributed by atoms with Gasteiger partial charge in [0.15, 0.2) is 0 Å². The Balaban J connectivity index is 1.09. The zero-order chi connectivity index (χ0) is 55.5. The third-order valence-electron chi connectivity index (χ3n) is 18.2. The van der Waals surface area contributed by atoms with E-state index in [9.17, 15) is 0 Å². The highest BCUT2D eigenvalue weighted by molar-refractivity contribution is 6.13. The Morgan fingerprint density at radius 2 is 0.617 bits per heavy atom. The van der Waals surface area contributed by atoms with Crippen LogP contribution in [0.5, 0.6) is 17.2 Å². The molecule has 14 aromatic rings. The normalized spacial score (nSPS) is 15.2. The first kappa shape index (κ1) is 48.9. The van der Waals surface area contributed by atoms with Gasteiger partial charge in [0.05, 0.1) is 71.2 Å². The van der Waals surface area contributed by atoms with E-state index in [0.717, 1.165) is 73.6 Å². The highest BCUT2D eigenvalue weighted by atomic mass is 16.5. The first-order valence-corrected chi connectivity index (χ1v) is 28.3. The predicted octanol–water partition coefficient (Wildman–Crippen LogP) is 18.6. The second-order valence-corrected chi connectivity index (χ2v) is 24.1. The molecule has 0 radical (unpaired) electrons. The van der Waals surface area contributed by atoms with Gasteiger partial charge >= 0.3 is 0 Å². The number of nitrogens with zero attached hydrogens (tertiary/aromatic N) is 4. The van der Waals surface area contributed by atoms with E-state index in [-0.39, 0.29) is 5.41 Å². The molecule has 7 nitrogen and oxygen atoms in total. The number of aromatic nitrogens is 4. The molecule has 81 heavy (non-hydrogen) atoms. The predicted molar refractivity (Wildman–Crippen MR) is 338 cm³/mol. The molecule has 1 unspecified atom stereocenters. The van der Waals surface area contributed by atoms with Gasteiger partial charge in [-0.25, -0.2) is 0 Å². The number of fused-ring (bicyclic) bond motifs is 13. The van der Waals surface area contributed by atoms with Crippen LogP contribution in [-0.4, -0.2) is 39.6 Å². The molecule has 1 aliphatic rings. The van der Waals surface area contributed by atoms with E-state index in [2.05, 4.69) is 250 Å². The monoisotopic (exact) mass is 1060 g/mol. The molecular formula is C74H64N4O3. The minimum absolute atomic E-state index is 0.280. The van der Waals surface area contributed by atoms with Gasteiger partial charge in [0.2, 0.25) is 0 Å². The highest BCUT2D eigenvalue weighted by Crippen LogP contribution is 2.57. The number of hydrogen-bond acceptors (Lipinski definition) is 3. The SMILES string of the molecule is COc1ccc2c(c1)c1cc(C)ccc1n2-c1cc(-n2c3ccc(C)cc3c3cc(C)ccc32)c2c(c1)C(C)(C)CC2(C)c1cc(-n2c3ccc(C)cc3c3cc(C)ccc32)cc(-n2c3ccc(OC)cc3c3cc(OC)ccc32)c1. The minimum Gasteiger partial charge on any atom is -0.497 e. The summed E-state index contributed by atoms with van der Waals surface area (Å²) < 4.78 is 27.8. The van der Waals surface area contributed by atoms with Gasteiger partial charge in [-0.2, -0.15) is 0 Å². The third kappa shape index (κ3) is 7.13. The van der Waals surface area contributed by atoms with Crippen molar-refractivity contribution in [3.8, 4) is 40.0 Å². The van der Waals surface area contributed by atoms with Crippen molar-refractivity contribution in [1.82, 2.24) is 18.3 Å². The maximum Gasteiger partial charge on any atom is 0.119 e. The molecule has 4 aromatic heterocycles. The maximum atomic E-state index is 5.90. The quantitative estimate of drug-likeness (QED) is 0.152. The van der Waals surface area contributed by atoms with E-state index in [1.54, 1.807) is 21.3 Å². The van der Waals surface area contributed by atoms with Crippen molar-refractivity contribution in [3.63, 3.8) is 0 Å². The van der Waals surface area contributed by atoms with Gasteiger partial charge in [-0.15, -0.1) is 0 Å². The Morgan fingerprint density at radius 1 is 0.321 bits per heavy atom. The largest absolute Gasteiger partial charge is 0.497 e. The number of aryl methyl sites for hydroxylation is 5. The van der Waals surface area contributed by atoms with Crippen molar-refractivity contribution in [2.75, 3.05) is 21.3 Å². The molecule has 0 N–H and O–H groups in total. The summed E-state index contributed by atoms with van der Waals surface area (Å²) >= 11 is 0. The summed E-state index contributed by atoms with van der Waals surface area (Å²) in [5.41, 5.74) is 23.0. The molecule has 10 aromatic carbocycles. The van der Waals surface area contributed by atoms with Crippen LogP contribution in [0.2, 0.25) is 0 Å². The molecule has 0 amide bonds. The van der Waals surface area contributed by atoms with Crippen LogP contribution in [0.3, 0.4) is 0 Å². The Morgan fingerprint density at radius 3 is 0.951 bits per heavy atom. The van der Waals surface area contributed by atoms with Gasteiger partial charge in [-0.1, -0.05) is 78.9 Å². The van der Waals surface area contributed by atoms with Gasteiger partial charge in [0.25, 0.3) is 0 Å². The lowest BCUT2D eigenvalue weighted by molar-refractivity contribution is 0.415. The van der Waals surface area contributed by atoms with Crippen LogP contribution >= 0.6 is 0 Å². The van der Waals surface area contributed by atoms with E-state index in [1.165, 1.54) is 105 Å². The fourth-order valence-electron chi connectivity index (χ4n) is 14.6. The number of benzene rings is 10. The molecule has 0 spiro atoms. The van der Waals surface area contributed by atoms with Crippen LogP contribution in [-0.2, 0) is 10.8 Å². The fraction of sp³-hybridized carbons (Fsp3) is 0.189. The van der Waals surface area contributed by atoms with Crippen LogP contribution in [0.1, 0.15) is 71.7 Å². The summed E-state index contributed by atoms with van der Waals surface area (Å²) in [7, 11) is 5.24. The van der Waals surface area contributed by atoms with Gasteiger partial charge < -0.3 is 32.5 Å². The fourth-order valence-corrected chi connectivity index (χ4v) is 14.6. The summed E-state index contributed by atoms with van der Waals surface area (Å²) in [4.78, 5) is 0.